The summed E-state index contributed by atoms with van der Waals surface area (Å²) in [4.78, 5) is 20.6. The Morgan fingerprint density at radius 2 is 2.14 bits per heavy atom. The Bertz CT molecular complexity index is 175. The lowest BCUT2D eigenvalue weighted by Crippen LogP contribution is -2.40. The Balaban J connectivity index is 3.43. The van der Waals surface area contributed by atoms with Gasteiger partial charge in [-0.15, -0.1) is 4.91 Å². The second-order valence-electron chi connectivity index (χ2n) is 3.07. The molecule has 0 saturated carbocycles. The van der Waals surface area contributed by atoms with Crippen molar-refractivity contribution in [2.24, 2.45) is 11.0 Å². The smallest absolute Gasteiger partial charge is 0.240 e. The zero-order valence-electron chi connectivity index (χ0n) is 8.53. The number of hydrazine groups is 1. The van der Waals surface area contributed by atoms with Gasteiger partial charge in [0.05, 0.1) is 5.29 Å². The number of hydrogen-bond donors (Lipinski definition) is 2. The second-order valence-corrected chi connectivity index (χ2v) is 3.07. The third-order valence-electron chi connectivity index (χ3n) is 1.73. The van der Waals surface area contributed by atoms with E-state index in [1.165, 1.54) is 6.42 Å². The van der Waals surface area contributed by atoms with Gasteiger partial charge in [0, 0.05) is 6.54 Å². The van der Waals surface area contributed by atoms with Crippen LogP contribution in [0.2, 0.25) is 0 Å². The molecular formula is C8H18N4O2. The van der Waals surface area contributed by atoms with E-state index in [1.54, 1.807) is 0 Å². The molecule has 0 unspecified atom stereocenters. The minimum Gasteiger partial charge on any atom is -0.368 e. The van der Waals surface area contributed by atoms with Gasteiger partial charge in [-0.05, 0) is 6.42 Å². The zero-order chi connectivity index (χ0) is 10.8. The lowest BCUT2D eigenvalue weighted by atomic mass is 10.2. The number of nitrogens with zero attached hydrogens (tertiary/aromatic N) is 2. The van der Waals surface area contributed by atoms with Crippen molar-refractivity contribution in [3.8, 4) is 0 Å². The minimum atomic E-state index is -0.578. The molecule has 0 aliphatic carbocycles. The maximum atomic E-state index is 10.4. The van der Waals surface area contributed by atoms with Crippen LogP contribution in [0.4, 0.5) is 0 Å². The first-order valence-corrected chi connectivity index (χ1v) is 4.83. The van der Waals surface area contributed by atoms with E-state index in [-0.39, 0.29) is 6.54 Å². The van der Waals surface area contributed by atoms with Crippen LogP contribution in [0.5, 0.6) is 0 Å². The maximum absolute atomic E-state index is 10.4. The molecule has 82 valence electrons. The predicted octanol–water partition coefficient (Wildman–Crippen LogP) is 0.540. The molecule has 0 aromatic heterocycles. The fraction of sp³-hybridized carbons (Fsp3) is 0.875. The molecule has 0 aliphatic heterocycles. The number of unbranched alkanes of at least 4 members (excludes halogenated alkanes) is 3. The summed E-state index contributed by atoms with van der Waals surface area (Å²) >= 11 is 0. The number of hydrogen-bond acceptors (Lipinski definition) is 4. The van der Waals surface area contributed by atoms with Crippen LogP contribution in [0, 0.1) is 4.91 Å². The minimum absolute atomic E-state index is 0.183. The van der Waals surface area contributed by atoms with E-state index in [4.69, 9.17) is 5.73 Å². The summed E-state index contributed by atoms with van der Waals surface area (Å²) in [7, 11) is 0. The molecule has 0 radical (unpaired) electrons. The summed E-state index contributed by atoms with van der Waals surface area (Å²) < 4.78 is 0. The monoisotopic (exact) mass is 202 g/mol. The van der Waals surface area contributed by atoms with Gasteiger partial charge in [-0.3, -0.25) is 4.79 Å². The molecule has 0 fully saturated rings. The highest BCUT2D eigenvalue weighted by Crippen LogP contribution is 1.97. The van der Waals surface area contributed by atoms with Crippen LogP contribution >= 0.6 is 0 Å². The van der Waals surface area contributed by atoms with Crippen molar-refractivity contribution in [1.82, 2.24) is 10.5 Å². The average molecular weight is 202 g/mol. The summed E-state index contributed by atoms with van der Waals surface area (Å²) in [6, 6.07) is 0. The molecule has 0 saturated heterocycles. The SMILES string of the molecule is CCCCCCNN(CC(N)=O)N=O. The van der Waals surface area contributed by atoms with Gasteiger partial charge in [0.2, 0.25) is 5.91 Å². The van der Waals surface area contributed by atoms with Gasteiger partial charge < -0.3 is 5.73 Å². The Morgan fingerprint density at radius 3 is 2.64 bits per heavy atom. The second kappa shape index (κ2) is 8.43. The zero-order valence-corrected chi connectivity index (χ0v) is 8.53. The van der Waals surface area contributed by atoms with Gasteiger partial charge in [0.15, 0.2) is 0 Å². The lowest BCUT2D eigenvalue weighted by molar-refractivity contribution is -0.119. The van der Waals surface area contributed by atoms with Crippen LogP contribution in [0.3, 0.4) is 0 Å². The molecule has 0 atom stereocenters. The lowest BCUT2D eigenvalue weighted by Gasteiger charge is -2.13. The number of carbonyl (C=O) groups excluding carboxylic acids is 1. The topological polar surface area (TPSA) is 87.8 Å². The van der Waals surface area contributed by atoms with E-state index in [0.717, 1.165) is 24.4 Å². The molecule has 6 nitrogen and oxygen atoms in total. The van der Waals surface area contributed by atoms with Crippen molar-refractivity contribution in [2.75, 3.05) is 13.1 Å². The Labute approximate surface area is 83.7 Å². The van der Waals surface area contributed by atoms with Crippen molar-refractivity contribution >= 4 is 5.91 Å². The van der Waals surface area contributed by atoms with Gasteiger partial charge in [-0.2, -0.15) is 5.12 Å². The van der Waals surface area contributed by atoms with E-state index < -0.39 is 5.91 Å². The molecule has 6 heteroatoms. The maximum Gasteiger partial charge on any atom is 0.240 e. The van der Waals surface area contributed by atoms with Crippen molar-refractivity contribution in [3.05, 3.63) is 4.91 Å². The van der Waals surface area contributed by atoms with E-state index in [0.29, 0.717) is 6.54 Å². The van der Waals surface area contributed by atoms with Gasteiger partial charge in [-0.1, -0.05) is 26.2 Å². The molecule has 0 aromatic rings. The first kappa shape index (κ1) is 12.8. The van der Waals surface area contributed by atoms with E-state index in [2.05, 4.69) is 17.6 Å². The first-order chi connectivity index (χ1) is 6.70. The molecule has 0 aromatic carbocycles. The van der Waals surface area contributed by atoms with Gasteiger partial charge in [0.1, 0.15) is 6.54 Å². The van der Waals surface area contributed by atoms with Crippen LogP contribution in [0.15, 0.2) is 5.29 Å². The fourth-order valence-electron chi connectivity index (χ4n) is 1.02. The van der Waals surface area contributed by atoms with Crippen molar-refractivity contribution in [2.45, 2.75) is 32.6 Å². The molecule has 14 heavy (non-hydrogen) atoms. The van der Waals surface area contributed by atoms with Crippen LogP contribution in [-0.2, 0) is 4.79 Å². The van der Waals surface area contributed by atoms with Crippen molar-refractivity contribution in [1.29, 1.82) is 0 Å². The summed E-state index contributed by atoms with van der Waals surface area (Å²) in [5.41, 5.74) is 7.61. The van der Waals surface area contributed by atoms with Crippen LogP contribution in [0.1, 0.15) is 32.6 Å². The standard InChI is InChI=1S/C8H18N4O2/c1-2-3-4-5-6-10-12(11-14)7-8(9)13/h10H,2-7H2,1H3,(H2,9,13). The fourth-order valence-corrected chi connectivity index (χ4v) is 1.02. The van der Waals surface area contributed by atoms with Gasteiger partial charge in [-0.25, -0.2) is 5.43 Å². The number of nitrogens with one attached hydrogen (secondary N) is 1. The molecular weight excluding hydrogens is 184 g/mol. The van der Waals surface area contributed by atoms with E-state index >= 15 is 0 Å². The van der Waals surface area contributed by atoms with Crippen molar-refractivity contribution < 1.29 is 4.79 Å². The van der Waals surface area contributed by atoms with Gasteiger partial charge >= 0.3 is 0 Å². The number of primary amides is 1. The summed E-state index contributed by atoms with van der Waals surface area (Å²) in [6.07, 6.45) is 4.40. The summed E-state index contributed by atoms with van der Waals surface area (Å²) in [5.74, 6) is -0.578. The average Bonchev–Trinajstić information content (AvgIpc) is 2.15. The molecule has 3 N–H and O–H groups in total. The molecule has 1 amide bonds. The molecule has 0 spiro atoms. The largest absolute Gasteiger partial charge is 0.368 e. The number of carbonyl (C=O) groups is 1. The highest BCUT2D eigenvalue weighted by atomic mass is 16.3. The summed E-state index contributed by atoms with van der Waals surface area (Å²) in [6.45, 7) is 2.58. The van der Waals surface area contributed by atoms with Gasteiger partial charge in [0.25, 0.3) is 0 Å². The number of rotatable bonds is 9. The highest BCUT2D eigenvalue weighted by Gasteiger charge is 2.04. The Hall–Kier alpha value is -1.17. The van der Waals surface area contributed by atoms with Crippen LogP contribution in [-0.4, -0.2) is 24.1 Å². The van der Waals surface area contributed by atoms with Crippen molar-refractivity contribution in [3.63, 3.8) is 0 Å². The number of amides is 1. The summed E-state index contributed by atoms with van der Waals surface area (Å²) in [5, 5.41) is 3.54. The number of nitrogens with two attached hydrogens (primary N) is 1. The molecule has 0 aliphatic rings. The third kappa shape index (κ3) is 7.48. The van der Waals surface area contributed by atoms with Crippen LogP contribution in [0.25, 0.3) is 0 Å². The molecule has 0 rings (SSSR count). The Morgan fingerprint density at radius 1 is 1.43 bits per heavy atom. The van der Waals surface area contributed by atoms with E-state index in [9.17, 15) is 9.70 Å². The normalized spacial score (nSPS) is 9.79. The third-order valence-corrected chi connectivity index (χ3v) is 1.73. The quantitative estimate of drug-likeness (QED) is 0.324. The number of nitroso groups, excluding NO2 is 1. The van der Waals surface area contributed by atoms with E-state index in [1.807, 2.05) is 0 Å². The molecule has 0 bridgehead atoms. The van der Waals surface area contributed by atoms with Crippen LogP contribution < -0.4 is 11.2 Å². The predicted molar refractivity (Wildman–Crippen MR) is 53.8 cm³/mol. The Kier molecular flexibility index (Phi) is 7.72. The highest BCUT2D eigenvalue weighted by molar-refractivity contribution is 5.75. The molecule has 0 heterocycles. The first-order valence-electron chi connectivity index (χ1n) is 4.83.